The lowest BCUT2D eigenvalue weighted by Gasteiger charge is -2.25. The van der Waals surface area contributed by atoms with Crippen LogP contribution in [0.25, 0.3) is 0 Å². The van der Waals surface area contributed by atoms with Crippen molar-refractivity contribution in [3.63, 3.8) is 0 Å². The summed E-state index contributed by atoms with van der Waals surface area (Å²) in [6.45, 7) is 2.86. The molecule has 2 heterocycles. The second-order valence-electron chi connectivity index (χ2n) is 4.33. The van der Waals surface area contributed by atoms with E-state index in [2.05, 4.69) is 0 Å². The summed E-state index contributed by atoms with van der Waals surface area (Å²) >= 11 is 0. The molecule has 2 atom stereocenters. The van der Waals surface area contributed by atoms with E-state index in [1.54, 1.807) is 0 Å². The molecule has 0 unspecified atom stereocenters. The van der Waals surface area contributed by atoms with Crippen LogP contribution < -0.4 is 0 Å². The predicted octanol–water partition coefficient (Wildman–Crippen LogP) is 2.07. The van der Waals surface area contributed by atoms with Crippen molar-refractivity contribution in [3.05, 3.63) is 0 Å². The van der Waals surface area contributed by atoms with E-state index < -0.39 is 0 Å². The van der Waals surface area contributed by atoms with Crippen LogP contribution in [-0.2, 0) is 18.9 Å². The highest BCUT2D eigenvalue weighted by molar-refractivity contribution is 4.55. The van der Waals surface area contributed by atoms with Gasteiger partial charge in [-0.05, 0) is 38.5 Å². The fraction of sp³-hybridized carbons (Fsp3) is 1.00. The van der Waals surface area contributed by atoms with Gasteiger partial charge in [0.25, 0.3) is 0 Å². The molecule has 2 fully saturated rings. The van der Waals surface area contributed by atoms with Crippen molar-refractivity contribution in [2.24, 2.45) is 0 Å². The zero-order valence-corrected chi connectivity index (χ0v) is 9.86. The SMILES string of the molecule is C1CC[C@H](OCCO[C@H]2CCCCO2)OC1. The summed E-state index contributed by atoms with van der Waals surface area (Å²) in [5.41, 5.74) is 0. The molecule has 2 saturated heterocycles. The van der Waals surface area contributed by atoms with Gasteiger partial charge in [0.2, 0.25) is 0 Å². The van der Waals surface area contributed by atoms with Crippen LogP contribution in [0.3, 0.4) is 0 Å². The first-order valence-corrected chi connectivity index (χ1v) is 6.41. The van der Waals surface area contributed by atoms with Crippen molar-refractivity contribution in [1.82, 2.24) is 0 Å². The fourth-order valence-corrected chi connectivity index (χ4v) is 2.04. The summed E-state index contributed by atoms with van der Waals surface area (Å²) in [6.07, 6.45) is 6.74. The molecule has 4 heteroatoms. The molecule has 94 valence electrons. The fourth-order valence-electron chi connectivity index (χ4n) is 2.04. The van der Waals surface area contributed by atoms with Gasteiger partial charge in [-0.1, -0.05) is 0 Å². The molecule has 0 saturated carbocycles. The molecule has 0 amide bonds. The summed E-state index contributed by atoms with van der Waals surface area (Å²) in [6, 6.07) is 0. The van der Waals surface area contributed by atoms with Gasteiger partial charge in [0.1, 0.15) is 0 Å². The second kappa shape index (κ2) is 7.22. The van der Waals surface area contributed by atoms with Crippen molar-refractivity contribution in [2.45, 2.75) is 51.1 Å². The largest absolute Gasteiger partial charge is 0.353 e. The highest BCUT2D eigenvalue weighted by Crippen LogP contribution is 2.15. The van der Waals surface area contributed by atoms with E-state index in [0.29, 0.717) is 13.2 Å². The summed E-state index contributed by atoms with van der Waals surface area (Å²) in [7, 11) is 0. The topological polar surface area (TPSA) is 36.9 Å². The van der Waals surface area contributed by atoms with Crippen LogP contribution in [-0.4, -0.2) is 39.0 Å². The van der Waals surface area contributed by atoms with Gasteiger partial charge >= 0.3 is 0 Å². The summed E-state index contributed by atoms with van der Waals surface area (Å²) in [4.78, 5) is 0. The Balaban J connectivity index is 1.47. The third kappa shape index (κ3) is 4.37. The lowest BCUT2D eigenvalue weighted by atomic mass is 10.2. The molecule has 0 spiro atoms. The molecule has 0 bridgehead atoms. The Morgan fingerprint density at radius 2 is 1.25 bits per heavy atom. The molecule has 0 aromatic carbocycles. The molecule has 16 heavy (non-hydrogen) atoms. The van der Waals surface area contributed by atoms with Crippen molar-refractivity contribution in [1.29, 1.82) is 0 Å². The van der Waals surface area contributed by atoms with Crippen LogP contribution in [0.2, 0.25) is 0 Å². The van der Waals surface area contributed by atoms with Gasteiger partial charge in [0.15, 0.2) is 12.6 Å². The van der Waals surface area contributed by atoms with Gasteiger partial charge in [-0.2, -0.15) is 0 Å². The monoisotopic (exact) mass is 230 g/mol. The Morgan fingerprint density at radius 3 is 1.62 bits per heavy atom. The first kappa shape index (κ1) is 12.3. The zero-order valence-electron chi connectivity index (χ0n) is 9.86. The maximum Gasteiger partial charge on any atom is 0.157 e. The van der Waals surface area contributed by atoms with Crippen molar-refractivity contribution in [2.75, 3.05) is 26.4 Å². The van der Waals surface area contributed by atoms with E-state index in [1.165, 1.54) is 12.8 Å². The smallest absolute Gasteiger partial charge is 0.157 e. The summed E-state index contributed by atoms with van der Waals surface area (Å²) < 4.78 is 22.1. The van der Waals surface area contributed by atoms with Gasteiger partial charge < -0.3 is 18.9 Å². The third-order valence-corrected chi connectivity index (χ3v) is 2.97. The standard InChI is InChI=1S/C12H22O4/c1-3-7-13-11(5-1)15-9-10-16-12-6-2-4-8-14-12/h11-12H,1-10H2/t11-,12-/m0/s1. The van der Waals surface area contributed by atoms with E-state index >= 15 is 0 Å². The van der Waals surface area contributed by atoms with E-state index in [1.807, 2.05) is 0 Å². The van der Waals surface area contributed by atoms with Gasteiger partial charge in [-0.15, -0.1) is 0 Å². The number of hydrogen-bond donors (Lipinski definition) is 0. The van der Waals surface area contributed by atoms with Gasteiger partial charge in [-0.3, -0.25) is 0 Å². The molecule has 2 aliphatic heterocycles. The molecule has 0 aliphatic carbocycles. The highest BCUT2D eigenvalue weighted by Gasteiger charge is 2.16. The van der Waals surface area contributed by atoms with E-state index in [9.17, 15) is 0 Å². The summed E-state index contributed by atoms with van der Waals surface area (Å²) in [5.74, 6) is 0. The minimum atomic E-state index is -0.00961. The molecule has 0 aromatic heterocycles. The minimum absolute atomic E-state index is 0.00961. The van der Waals surface area contributed by atoms with Crippen molar-refractivity contribution in [3.8, 4) is 0 Å². The highest BCUT2D eigenvalue weighted by atomic mass is 16.7. The average Bonchev–Trinajstić information content (AvgIpc) is 2.37. The maximum absolute atomic E-state index is 5.57. The maximum atomic E-state index is 5.57. The molecular formula is C12H22O4. The number of rotatable bonds is 5. The van der Waals surface area contributed by atoms with Gasteiger partial charge in [0.05, 0.1) is 13.2 Å². The lowest BCUT2D eigenvalue weighted by molar-refractivity contribution is -0.198. The normalized spacial score (nSPS) is 31.5. The van der Waals surface area contributed by atoms with Crippen LogP contribution in [0.4, 0.5) is 0 Å². The molecule has 0 N–H and O–H groups in total. The van der Waals surface area contributed by atoms with Crippen LogP contribution in [0.15, 0.2) is 0 Å². The minimum Gasteiger partial charge on any atom is -0.353 e. The summed E-state index contributed by atoms with van der Waals surface area (Å²) in [5, 5.41) is 0. The van der Waals surface area contributed by atoms with Crippen LogP contribution in [0.5, 0.6) is 0 Å². The zero-order chi connectivity index (χ0) is 11.1. The Labute approximate surface area is 97.2 Å². The molecule has 2 aliphatic rings. The molecule has 0 radical (unpaired) electrons. The Bertz CT molecular complexity index is 154. The Kier molecular flexibility index (Phi) is 5.55. The molecular weight excluding hydrogens is 208 g/mol. The van der Waals surface area contributed by atoms with Crippen molar-refractivity contribution < 1.29 is 18.9 Å². The van der Waals surface area contributed by atoms with Crippen LogP contribution in [0, 0.1) is 0 Å². The Morgan fingerprint density at radius 1 is 0.750 bits per heavy atom. The number of ether oxygens (including phenoxy) is 4. The number of hydrogen-bond acceptors (Lipinski definition) is 4. The second-order valence-corrected chi connectivity index (χ2v) is 4.33. The van der Waals surface area contributed by atoms with Crippen LogP contribution >= 0.6 is 0 Å². The van der Waals surface area contributed by atoms with E-state index in [0.717, 1.165) is 38.9 Å². The van der Waals surface area contributed by atoms with Crippen LogP contribution in [0.1, 0.15) is 38.5 Å². The van der Waals surface area contributed by atoms with E-state index in [-0.39, 0.29) is 12.6 Å². The van der Waals surface area contributed by atoms with Gasteiger partial charge in [-0.25, -0.2) is 0 Å². The third-order valence-electron chi connectivity index (χ3n) is 2.97. The van der Waals surface area contributed by atoms with Crippen molar-refractivity contribution >= 4 is 0 Å². The average molecular weight is 230 g/mol. The quantitative estimate of drug-likeness (QED) is 0.678. The molecule has 0 aromatic rings. The van der Waals surface area contributed by atoms with E-state index in [4.69, 9.17) is 18.9 Å². The van der Waals surface area contributed by atoms with Gasteiger partial charge in [0, 0.05) is 13.2 Å². The first-order valence-electron chi connectivity index (χ1n) is 6.41. The lowest BCUT2D eigenvalue weighted by Crippen LogP contribution is -2.27. The molecule has 2 rings (SSSR count). The Hall–Kier alpha value is -0.160. The molecule has 4 nitrogen and oxygen atoms in total. The predicted molar refractivity (Wildman–Crippen MR) is 59.1 cm³/mol. The first-order chi connectivity index (χ1) is 7.95.